The van der Waals surface area contributed by atoms with E-state index >= 15 is 0 Å². The number of benzene rings is 3. The van der Waals surface area contributed by atoms with Crippen LogP contribution < -0.4 is 19.8 Å². The maximum Gasteiger partial charge on any atom is 0.338 e. The van der Waals surface area contributed by atoms with E-state index in [1.807, 2.05) is 19.1 Å². The summed E-state index contributed by atoms with van der Waals surface area (Å²) in [6.07, 6.45) is 0. The van der Waals surface area contributed by atoms with Crippen LogP contribution in [0, 0.1) is 12.8 Å². The van der Waals surface area contributed by atoms with Gasteiger partial charge in [-0.2, -0.15) is 0 Å². The number of aromatic amines is 1. The second-order valence-electron chi connectivity index (χ2n) is 10.4. The van der Waals surface area contributed by atoms with Crippen LogP contribution in [0.3, 0.4) is 0 Å². The molecule has 3 heterocycles. The molecule has 6 rings (SSSR count). The summed E-state index contributed by atoms with van der Waals surface area (Å²) in [5.74, 6) is -3.01. The van der Waals surface area contributed by atoms with E-state index in [1.165, 1.54) is 16.7 Å². The molecule has 13 heteroatoms. The average Bonchev–Trinajstić information content (AvgIpc) is 3.51. The molecular formula is C32H26ClN3O7S2. The number of halogens is 1. The van der Waals surface area contributed by atoms with E-state index in [4.69, 9.17) is 21.1 Å². The Balaban J connectivity index is 1.28. The number of nitrogens with one attached hydrogen (secondary N) is 2. The fourth-order valence-electron chi connectivity index (χ4n) is 5.44. The third-order valence-corrected chi connectivity index (χ3v) is 10.1. The maximum absolute atomic E-state index is 14.0. The first-order valence-electron chi connectivity index (χ1n) is 14.0. The molecule has 0 aliphatic carbocycles. The zero-order valence-corrected chi connectivity index (χ0v) is 26.4. The number of carbonyl (C=O) groups excluding carboxylic acids is 4. The number of esters is 1. The highest BCUT2D eigenvalue weighted by molar-refractivity contribution is 8.00. The van der Waals surface area contributed by atoms with E-state index in [0.717, 1.165) is 16.9 Å². The smallest absolute Gasteiger partial charge is 0.338 e. The number of ether oxygens (including phenoxy) is 2. The molecule has 2 aliphatic rings. The lowest BCUT2D eigenvalue weighted by Gasteiger charge is -2.31. The SMILES string of the molecule is CCOC(=O)c1ccc(NC(=O)COc2ccc(Cl)cc2C2c3sc(=O)[nH]c3SC3C(=O)N(c4ccc(C)cc4)C(=O)C32)cc1. The van der Waals surface area contributed by atoms with Gasteiger partial charge in [0, 0.05) is 27.1 Å². The Morgan fingerprint density at radius 3 is 2.44 bits per heavy atom. The summed E-state index contributed by atoms with van der Waals surface area (Å²) in [6.45, 7) is 3.50. The Morgan fingerprint density at radius 1 is 1.00 bits per heavy atom. The molecule has 45 heavy (non-hydrogen) atoms. The second-order valence-corrected chi connectivity index (χ2v) is 13.0. The number of anilines is 2. The van der Waals surface area contributed by atoms with Gasteiger partial charge in [0.05, 0.1) is 28.8 Å². The summed E-state index contributed by atoms with van der Waals surface area (Å²) in [5, 5.41) is 2.79. The number of aromatic nitrogens is 1. The lowest BCUT2D eigenvalue weighted by Crippen LogP contribution is -2.32. The summed E-state index contributed by atoms with van der Waals surface area (Å²) >= 11 is 8.58. The largest absolute Gasteiger partial charge is 0.483 e. The van der Waals surface area contributed by atoms with Gasteiger partial charge in [0.1, 0.15) is 11.0 Å². The summed E-state index contributed by atoms with van der Waals surface area (Å²) in [5.41, 5.74) is 2.74. The van der Waals surface area contributed by atoms with Crippen LogP contribution in [0.25, 0.3) is 0 Å². The highest BCUT2D eigenvalue weighted by atomic mass is 35.5. The van der Waals surface area contributed by atoms with E-state index in [-0.39, 0.29) is 29.7 Å². The van der Waals surface area contributed by atoms with Crippen molar-refractivity contribution in [3.8, 4) is 5.75 Å². The number of thioether (sulfide) groups is 1. The Labute approximate surface area is 270 Å². The topological polar surface area (TPSA) is 135 Å². The van der Waals surface area contributed by atoms with Crippen LogP contribution in [-0.2, 0) is 19.1 Å². The molecule has 0 radical (unpaired) electrons. The summed E-state index contributed by atoms with van der Waals surface area (Å²) in [6, 6.07) is 18.2. The number of rotatable bonds is 8. The fraction of sp³-hybridized carbons (Fsp3) is 0.219. The number of nitrogens with zero attached hydrogens (tertiary/aromatic N) is 1. The van der Waals surface area contributed by atoms with Crippen molar-refractivity contribution in [2.45, 2.75) is 30.0 Å². The molecule has 1 aromatic heterocycles. The lowest BCUT2D eigenvalue weighted by molar-refractivity contribution is -0.122. The van der Waals surface area contributed by atoms with Crippen molar-refractivity contribution in [1.29, 1.82) is 0 Å². The molecule has 1 saturated heterocycles. The van der Waals surface area contributed by atoms with Gasteiger partial charge < -0.3 is 19.8 Å². The molecule has 2 aliphatic heterocycles. The summed E-state index contributed by atoms with van der Waals surface area (Å²) in [4.78, 5) is 69.3. The van der Waals surface area contributed by atoms with Crippen LogP contribution in [0.15, 0.2) is 76.6 Å². The van der Waals surface area contributed by atoms with Gasteiger partial charge in [0.25, 0.3) is 5.91 Å². The first kappa shape index (κ1) is 30.6. The van der Waals surface area contributed by atoms with Gasteiger partial charge in [-0.25, -0.2) is 9.69 Å². The molecular weight excluding hydrogens is 638 g/mol. The molecule has 230 valence electrons. The Morgan fingerprint density at radius 2 is 1.73 bits per heavy atom. The van der Waals surface area contributed by atoms with Crippen molar-refractivity contribution in [2.75, 3.05) is 23.4 Å². The van der Waals surface area contributed by atoms with Gasteiger partial charge in [0.15, 0.2) is 6.61 Å². The highest BCUT2D eigenvalue weighted by Crippen LogP contribution is 2.54. The second kappa shape index (κ2) is 12.5. The minimum atomic E-state index is -0.852. The molecule has 4 aromatic rings. The monoisotopic (exact) mass is 663 g/mol. The van der Waals surface area contributed by atoms with Crippen LogP contribution in [0.2, 0.25) is 5.02 Å². The van der Waals surface area contributed by atoms with Crippen LogP contribution >= 0.6 is 34.7 Å². The number of hydrogen-bond acceptors (Lipinski definition) is 9. The van der Waals surface area contributed by atoms with E-state index < -0.39 is 34.9 Å². The van der Waals surface area contributed by atoms with Crippen molar-refractivity contribution in [3.05, 3.63) is 103 Å². The van der Waals surface area contributed by atoms with Crippen LogP contribution in [0.1, 0.15) is 39.2 Å². The maximum atomic E-state index is 14.0. The van der Waals surface area contributed by atoms with Crippen LogP contribution in [-0.4, -0.2) is 47.1 Å². The molecule has 0 bridgehead atoms. The summed E-state index contributed by atoms with van der Waals surface area (Å²) in [7, 11) is 0. The highest BCUT2D eigenvalue weighted by Gasteiger charge is 2.56. The number of imide groups is 1. The Hall–Kier alpha value is -4.39. The third-order valence-electron chi connectivity index (χ3n) is 7.46. The molecule has 0 saturated carbocycles. The number of aryl methyl sites for hydroxylation is 1. The van der Waals surface area contributed by atoms with E-state index in [1.54, 1.807) is 61.5 Å². The Kier molecular flexibility index (Phi) is 8.54. The molecule has 1 fully saturated rings. The van der Waals surface area contributed by atoms with Crippen LogP contribution in [0.4, 0.5) is 11.4 Å². The average molecular weight is 664 g/mol. The number of carbonyl (C=O) groups is 4. The Bertz CT molecular complexity index is 1870. The van der Waals surface area contributed by atoms with E-state index in [2.05, 4.69) is 10.3 Å². The van der Waals surface area contributed by atoms with Crippen molar-refractivity contribution < 1.29 is 28.7 Å². The molecule has 3 unspecified atom stereocenters. The molecule has 2 N–H and O–H groups in total. The minimum Gasteiger partial charge on any atom is -0.483 e. The van der Waals surface area contributed by atoms with E-state index in [9.17, 15) is 24.0 Å². The summed E-state index contributed by atoms with van der Waals surface area (Å²) < 4.78 is 11.0. The van der Waals surface area contributed by atoms with E-state index in [0.29, 0.717) is 37.4 Å². The van der Waals surface area contributed by atoms with Gasteiger partial charge in [-0.05, 0) is 68.4 Å². The van der Waals surface area contributed by atoms with Crippen molar-refractivity contribution >= 4 is 69.8 Å². The molecule has 3 atom stereocenters. The zero-order valence-electron chi connectivity index (χ0n) is 24.0. The number of amides is 3. The molecule has 3 aromatic carbocycles. The number of fused-ring (bicyclic) bond motifs is 2. The van der Waals surface area contributed by atoms with Crippen molar-refractivity contribution in [2.24, 2.45) is 5.92 Å². The van der Waals surface area contributed by atoms with Gasteiger partial charge in [-0.15, -0.1) is 0 Å². The van der Waals surface area contributed by atoms with Crippen LogP contribution in [0.5, 0.6) is 5.75 Å². The van der Waals surface area contributed by atoms with Gasteiger partial charge in [-0.1, -0.05) is 52.4 Å². The lowest BCUT2D eigenvalue weighted by atomic mass is 9.82. The minimum absolute atomic E-state index is 0.252. The number of H-pyrrole nitrogens is 1. The normalized spacial score (nSPS) is 18.7. The zero-order chi connectivity index (χ0) is 31.8. The van der Waals surface area contributed by atoms with Gasteiger partial charge in [0.2, 0.25) is 11.8 Å². The predicted octanol–water partition coefficient (Wildman–Crippen LogP) is 5.39. The number of hydrogen-bond donors (Lipinski definition) is 2. The van der Waals surface area contributed by atoms with Gasteiger partial charge in [-0.3, -0.25) is 19.2 Å². The standard InChI is InChI=1S/C32H26ClN3O7S2/c1-3-42-31(40)17-6-9-19(10-7-17)34-23(37)15-43-22-13-8-18(33)14-21(22)24-25-27(44-28-26(24)45-32(41)35-28)30(39)36(29(25)38)20-11-4-16(2)5-12-20/h4-14,24-25,27H,3,15H2,1-2H3,(H,34,37)(H,35,41). The quantitative estimate of drug-likeness (QED) is 0.189. The van der Waals surface area contributed by atoms with Crippen molar-refractivity contribution in [1.82, 2.24) is 4.98 Å². The van der Waals surface area contributed by atoms with Crippen molar-refractivity contribution in [3.63, 3.8) is 0 Å². The van der Waals surface area contributed by atoms with Gasteiger partial charge >= 0.3 is 10.8 Å². The first-order chi connectivity index (χ1) is 21.6. The molecule has 10 nitrogen and oxygen atoms in total. The molecule has 3 amide bonds. The number of thiazole rings is 1. The predicted molar refractivity (Wildman–Crippen MR) is 172 cm³/mol. The first-order valence-corrected chi connectivity index (χ1v) is 16.1. The third kappa shape index (κ3) is 6.00. The fourth-order valence-corrected chi connectivity index (χ4v) is 8.13. The molecule has 0 spiro atoms.